The molecule has 0 bridgehead atoms. The third-order valence-electron chi connectivity index (χ3n) is 5.06. The number of rotatable bonds is 6. The number of anilines is 1. The summed E-state index contributed by atoms with van der Waals surface area (Å²) in [7, 11) is -3.82. The lowest BCUT2D eigenvalue weighted by Gasteiger charge is -2.12. The number of ether oxygens (including phenoxy) is 3. The van der Waals surface area contributed by atoms with Gasteiger partial charge in [0.2, 0.25) is 5.88 Å². The Bertz CT molecular complexity index is 1420. The minimum atomic E-state index is -3.82. The SMILES string of the molecule is Cc1nccn1-c1cc(Oc2ccc(NS(=O)(=O)c3ccc4c(c3)OCCCO4)cc2)ncn1. The summed E-state index contributed by atoms with van der Waals surface area (Å²) < 4.78 is 47.1. The predicted molar refractivity (Wildman–Crippen MR) is 123 cm³/mol. The smallest absolute Gasteiger partial charge is 0.262 e. The van der Waals surface area contributed by atoms with Crippen LogP contribution in [0.5, 0.6) is 23.1 Å². The third-order valence-corrected chi connectivity index (χ3v) is 6.44. The molecule has 0 amide bonds. The maximum atomic E-state index is 12.9. The summed E-state index contributed by atoms with van der Waals surface area (Å²) in [4.78, 5) is 12.6. The number of nitrogens with zero attached hydrogens (tertiary/aromatic N) is 4. The molecule has 0 aliphatic carbocycles. The normalized spacial score (nSPS) is 13.2. The van der Waals surface area contributed by atoms with Crippen molar-refractivity contribution in [1.29, 1.82) is 0 Å². The molecular formula is C23H21N5O5S. The molecule has 0 spiro atoms. The molecule has 0 unspecified atom stereocenters. The maximum Gasteiger partial charge on any atom is 0.262 e. The average Bonchev–Trinajstić information content (AvgIpc) is 3.12. The van der Waals surface area contributed by atoms with Crippen molar-refractivity contribution in [2.45, 2.75) is 18.2 Å². The van der Waals surface area contributed by atoms with E-state index >= 15 is 0 Å². The first-order valence-electron chi connectivity index (χ1n) is 10.5. The molecule has 11 heteroatoms. The first kappa shape index (κ1) is 21.7. The van der Waals surface area contributed by atoms with Gasteiger partial charge in [-0.3, -0.25) is 9.29 Å². The molecular weight excluding hydrogens is 458 g/mol. The molecule has 3 heterocycles. The number of benzene rings is 2. The van der Waals surface area contributed by atoms with E-state index in [1.165, 1.54) is 18.5 Å². The largest absolute Gasteiger partial charge is 0.490 e. The Morgan fingerprint density at radius 1 is 0.971 bits per heavy atom. The van der Waals surface area contributed by atoms with Gasteiger partial charge in [-0.25, -0.2) is 23.4 Å². The molecule has 1 aliphatic heterocycles. The molecule has 0 atom stereocenters. The van der Waals surface area contributed by atoms with Crippen molar-refractivity contribution >= 4 is 15.7 Å². The third kappa shape index (κ3) is 4.64. The molecule has 4 aromatic rings. The highest BCUT2D eigenvalue weighted by Crippen LogP contribution is 2.32. The molecule has 0 saturated heterocycles. The maximum absolute atomic E-state index is 12.9. The van der Waals surface area contributed by atoms with Gasteiger partial charge in [-0.2, -0.15) is 0 Å². The summed E-state index contributed by atoms with van der Waals surface area (Å²) in [6.45, 7) is 2.88. The van der Waals surface area contributed by atoms with Gasteiger partial charge in [0.1, 0.15) is 23.7 Å². The van der Waals surface area contributed by atoms with Crippen LogP contribution in [0.4, 0.5) is 5.69 Å². The molecule has 0 fully saturated rings. The van der Waals surface area contributed by atoms with Crippen molar-refractivity contribution in [1.82, 2.24) is 19.5 Å². The van der Waals surface area contributed by atoms with Crippen molar-refractivity contribution in [3.8, 4) is 28.9 Å². The Balaban J connectivity index is 1.29. The van der Waals surface area contributed by atoms with Crippen LogP contribution in [0.25, 0.3) is 5.82 Å². The average molecular weight is 480 g/mol. The molecule has 174 valence electrons. The Morgan fingerprint density at radius 2 is 1.76 bits per heavy atom. The van der Waals surface area contributed by atoms with Crippen LogP contribution in [0.1, 0.15) is 12.2 Å². The van der Waals surface area contributed by atoms with Gasteiger partial charge >= 0.3 is 0 Å². The van der Waals surface area contributed by atoms with Crippen LogP contribution >= 0.6 is 0 Å². The van der Waals surface area contributed by atoms with Gasteiger partial charge in [-0.1, -0.05) is 0 Å². The fourth-order valence-corrected chi connectivity index (χ4v) is 4.45. The Kier molecular flexibility index (Phi) is 5.76. The number of aryl methyl sites for hydroxylation is 1. The first-order valence-corrected chi connectivity index (χ1v) is 12.0. The van der Waals surface area contributed by atoms with Crippen molar-refractivity contribution in [2.75, 3.05) is 17.9 Å². The molecule has 2 aromatic heterocycles. The fourth-order valence-electron chi connectivity index (χ4n) is 3.37. The predicted octanol–water partition coefficient (Wildman–Crippen LogP) is 3.73. The Morgan fingerprint density at radius 3 is 2.53 bits per heavy atom. The topological polar surface area (TPSA) is 117 Å². The van der Waals surface area contributed by atoms with E-state index in [0.29, 0.717) is 47.8 Å². The number of imidazole rings is 1. The fraction of sp³-hybridized carbons (Fsp3) is 0.174. The first-order chi connectivity index (χ1) is 16.5. The van der Waals surface area contributed by atoms with Gasteiger partial charge in [-0.15, -0.1) is 0 Å². The van der Waals surface area contributed by atoms with Crippen LogP contribution in [-0.4, -0.2) is 41.2 Å². The standard InChI is InChI=1S/C23H21N5O5S/c1-16-24-9-10-28(16)22-14-23(26-15-25-22)33-18-5-3-17(4-6-18)27-34(29,30)19-7-8-20-21(13-19)32-12-2-11-31-20/h3-10,13-15,27H,2,11-12H2,1H3. The number of nitrogens with one attached hydrogen (secondary N) is 1. The minimum absolute atomic E-state index is 0.0837. The van der Waals surface area contributed by atoms with Gasteiger partial charge in [0.15, 0.2) is 11.5 Å². The number of sulfonamides is 1. The van der Waals surface area contributed by atoms with Crippen molar-refractivity contribution in [3.63, 3.8) is 0 Å². The lowest BCUT2D eigenvalue weighted by Crippen LogP contribution is -2.13. The highest BCUT2D eigenvalue weighted by Gasteiger charge is 2.19. The minimum Gasteiger partial charge on any atom is -0.490 e. The summed E-state index contributed by atoms with van der Waals surface area (Å²) >= 11 is 0. The van der Waals surface area contributed by atoms with Crippen LogP contribution in [0.2, 0.25) is 0 Å². The number of aromatic nitrogens is 4. The molecule has 1 aliphatic rings. The van der Waals surface area contributed by atoms with E-state index in [2.05, 4.69) is 19.7 Å². The van der Waals surface area contributed by atoms with Crippen LogP contribution in [0.15, 0.2) is 72.1 Å². The molecule has 2 aromatic carbocycles. The van der Waals surface area contributed by atoms with Gasteiger partial charge in [0, 0.05) is 36.6 Å². The van der Waals surface area contributed by atoms with E-state index in [1.54, 1.807) is 48.8 Å². The molecule has 0 saturated carbocycles. The monoisotopic (exact) mass is 479 g/mol. The van der Waals surface area contributed by atoms with Gasteiger partial charge in [0.25, 0.3) is 10.0 Å². The van der Waals surface area contributed by atoms with E-state index in [1.807, 2.05) is 11.5 Å². The van der Waals surface area contributed by atoms with Gasteiger partial charge < -0.3 is 14.2 Å². The van der Waals surface area contributed by atoms with Crippen molar-refractivity contribution in [3.05, 3.63) is 73.1 Å². The molecule has 5 rings (SSSR count). The molecule has 1 N–H and O–H groups in total. The van der Waals surface area contributed by atoms with Crippen LogP contribution in [0, 0.1) is 6.92 Å². The summed E-state index contributed by atoms with van der Waals surface area (Å²) in [5, 5.41) is 0. The molecule has 10 nitrogen and oxygen atoms in total. The highest BCUT2D eigenvalue weighted by molar-refractivity contribution is 7.92. The van der Waals surface area contributed by atoms with Crippen LogP contribution in [-0.2, 0) is 10.0 Å². The summed E-state index contributed by atoms with van der Waals surface area (Å²) in [6.07, 6.45) is 5.63. The summed E-state index contributed by atoms with van der Waals surface area (Å²) in [5.41, 5.74) is 0.386. The van der Waals surface area contributed by atoms with E-state index in [-0.39, 0.29) is 4.90 Å². The number of hydrogen-bond acceptors (Lipinski definition) is 8. The van der Waals surface area contributed by atoms with E-state index in [4.69, 9.17) is 14.2 Å². The second kappa shape index (κ2) is 9.02. The quantitative estimate of drug-likeness (QED) is 0.445. The zero-order chi connectivity index (χ0) is 23.5. The van der Waals surface area contributed by atoms with Gasteiger partial charge in [0.05, 0.1) is 18.1 Å². The van der Waals surface area contributed by atoms with Crippen LogP contribution in [0.3, 0.4) is 0 Å². The van der Waals surface area contributed by atoms with Crippen molar-refractivity contribution in [2.24, 2.45) is 0 Å². The van der Waals surface area contributed by atoms with Crippen molar-refractivity contribution < 1.29 is 22.6 Å². The summed E-state index contributed by atoms with van der Waals surface area (Å²) in [6, 6.07) is 12.8. The van der Waals surface area contributed by atoms with Gasteiger partial charge in [-0.05, 0) is 43.3 Å². The second-order valence-corrected chi connectivity index (χ2v) is 9.13. The van der Waals surface area contributed by atoms with E-state index in [9.17, 15) is 8.42 Å². The number of hydrogen-bond donors (Lipinski definition) is 1. The summed E-state index contributed by atoms with van der Waals surface area (Å²) in [5.74, 6) is 3.20. The molecule has 34 heavy (non-hydrogen) atoms. The highest BCUT2D eigenvalue weighted by atomic mass is 32.2. The second-order valence-electron chi connectivity index (χ2n) is 7.45. The zero-order valence-corrected chi connectivity index (χ0v) is 19.0. The van der Waals surface area contributed by atoms with E-state index in [0.717, 1.165) is 12.2 Å². The van der Waals surface area contributed by atoms with E-state index < -0.39 is 10.0 Å². The number of fused-ring (bicyclic) bond motifs is 1. The Hall–Kier alpha value is -4.12. The molecule has 0 radical (unpaired) electrons. The lowest BCUT2D eigenvalue weighted by atomic mass is 10.3. The zero-order valence-electron chi connectivity index (χ0n) is 18.2. The van der Waals surface area contributed by atoms with Crippen LogP contribution < -0.4 is 18.9 Å². The lowest BCUT2D eigenvalue weighted by molar-refractivity contribution is 0.297. The Labute approximate surface area is 196 Å².